The number of ether oxygens (including phenoxy) is 2. The monoisotopic (exact) mass is 293 g/mol. The molecule has 1 heterocycles. The van der Waals surface area contributed by atoms with Crippen LogP contribution in [0.15, 0.2) is 24.3 Å². The third-order valence-corrected chi connectivity index (χ3v) is 3.50. The van der Waals surface area contributed by atoms with Crippen LogP contribution in [0.25, 0.3) is 0 Å². The Kier molecular flexibility index (Phi) is 6.66. The first-order valence-corrected chi connectivity index (χ1v) is 7.48. The van der Waals surface area contributed by atoms with E-state index in [1.807, 2.05) is 12.1 Å². The van der Waals surface area contributed by atoms with E-state index in [0.29, 0.717) is 18.3 Å². The molecule has 1 fully saturated rings. The van der Waals surface area contributed by atoms with Crippen molar-refractivity contribution in [3.63, 3.8) is 0 Å². The van der Waals surface area contributed by atoms with E-state index in [1.54, 1.807) is 12.1 Å². The fraction of sp³-hybridized carbons (Fsp3) is 0.562. The molecule has 0 aliphatic carbocycles. The Morgan fingerprint density at radius 1 is 1.38 bits per heavy atom. The molecule has 1 saturated heterocycles. The summed E-state index contributed by atoms with van der Waals surface area (Å²) in [5.41, 5.74) is 1.40. The maximum absolute atomic E-state index is 10.7. The first-order chi connectivity index (χ1) is 10.3. The standard InChI is InChI=1S/C16H23NO4/c18-16(19)14-6-4-13(5-7-14)11-17-8-2-9-20-12-15-3-1-10-21-15/h4-7,15,17H,1-3,8-12H2,(H,18,19). The predicted octanol–water partition coefficient (Wildman–Crippen LogP) is 2.06. The topological polar surface area (TPSA) is 67.8 Å². The molecular weight excluding hydrogens is 270 g/mol. The molecule has 1 aromatic carbocycles. The highest BCUT2D eigenvalue weighted by atomic mass is 16.5. The maximum atomic E-state index is 10.7. The fourth-order valence-corrected chi connectivity index (χ4v) is 2.29. The van der Waals surface area contributed by atoms with Crippen molar-refractivity contribution in [1.29, 1.82) is 0 Å². The van der Waals surface area contributed by atoms with Crippen LogP contribution in [0.3, 0.4) is 0 Å². The molecule has 2 rings (SSSR count). The highest BCUT2D eigenvalue weighted by Crippen LogP contribution is 2.11. The van der Waals surface area contributed by atoms with Crippen LogP contribution in [0.2, 0.25) is 0 Å². The van der Waals surface area contributed by atoms with E-state index in [-0.39, 0.29) is 0 Å². The summed E-state index contributed by atoms with van der Waals surface area (Å²) < 4.78 is 11.1. The molecule has 5 heteroatoms. The van der Waals surface area contributed by atoms with Crippen molar-refractivity contribution in [2.75, 3.05) is 26.4 Å². The van der Waals surface area contributed by atoms with Gasteiger partial charge in [-0.15, -0.1) is 0 Å². The van der Waals surface area contributed by atoms with Gasteiger partial charge in [0.05, 0.1) is 18.3 Å². The van der Waals surface area contributed by atoms with E-state index in [9.17, 15) is 4.79 Å². The van der Waals surface area contributed by atoms with Gasteiger partial charge in [-0.05, 0) is 43.5 Å². The number of hydrogen-bond acceptors (Lipinski definition) is 4. The van der Waals surface area contributed by atoms with E-state index in [0.717, 1.165) is 51.1 Å². The molecule has 1 atom stereocenters. The van der Waals surface area contributed by atoms with Gasteiger partial charge in [-0.3, -0.25) is 0 Å². The number of hydrogen-bond donors (Lipinski definition) is 2. The lowest BCUT2D eigenvalue weighted by atomic mass is 10.1. The second-order valence-corrected chi connectivity index (χ2v) is 5.24. The Hall–Kier alpha value is -1.43. The third-order valence-electron chi connectivity index (χ3n) is 3.50. The Morgan fingerprint density at radius 2 is 2.19 bits per heavy atom. The summed E-state index contributed by atoms with van der Waals surface area (Å²) in [6, 6.07) is 6.93. The average Bonchev–Trinajstić information content (AvgIpc) is 3.00. The lowest BCUT2D eigenvalue weighted by molar-refractivity contribution is 0.0166. The molecule has 1 aliphatic rings. The molecule has 116 valence electrons. The second kappa shape index (κ2) is 8.77. The van der Waals surface area contributed by atoms with E-state index in [4.69, 9.17) is 14.6 Å². The van der Waals surface area contributed by atoms with Crippen molar-refractivity contribution >= 4 is 5.97 Å². The number of carboxylic acid groups (broad SMARTS) is 1. The third kappa shape index (κ3) is 5.83. The zero-order valence-corrected chi connectivity index (χ0v) is 12.2. The Balaban J connectivity index is 1.50. The van der Waals surface area contributed by atoms with E-state index in [2.05, 4.69) is 5.32 Å². The number of aromatic carboxylic acids is 1. The summed E-state index contributed by atoms with van der Waals surface area (Å²) in [6.07, 6.45) is 3.52. The van der Waals surface area contributed by atoms with Crippen molar-refractivity contribution in [2.24, 2.45) is 0 Å². The smallest absolute Gasteiger partial charge is 0.335 e. The average molecular weight is 293 g/mol. The molecule has 1 aromatic rings. The quantitative estimate of drug-likeness (QED) is 0.682. The largest absolute Gasteiger partial charge is 0.478 e. The minimum atomic E-state index is -0.891. The van der Waals surface area contributed by atoms with E-state index < -0.39 is 5.97 Å². The van der Waals surface area contributed by atoms with Gasteiger partial charge in [0, 0.05) is 19.8 Å². The number of carboxylic acids is 1. The van der Waals surface area contributed by atoms with Gasteiger partial charge in [0.2, 0.25) is 0 Å². The van der Waals surface area contributed by atoms with Gasteiger partial charge in [0.15, 0.2) is 0 Å². The molecule has 0 spiro atoms. The number of nitrogens with one attached hydrogen (secondary N) is 1. The molecule has 5 nitrogen and oxygen atoms in total. The van der Waals surface area contributed by atoms with Crippen molar-refractivity contribution in [1.82, 2.24) is 5.32 Å². The van der Waals surface area contributed by atoms with Gasteiger partial charge in [0.25, 0.3) is 0 Å². The van der Waals surface area contributed by atoms with Crippen molar-refractivity contribution in [3.8, 4) is 0 Å². The summed E-state index contributed by atoms with van der Waals surface area (Å²) in [7, 11) is 0. The highest BCUT2D eigenvalue weighted by molar-refractivity contribution is 5.87. The first kappa shape index (κ1) is 15.9. The lowest BCUT2D eigenvalue weighted by Gasteiger charge is -2.10. The van der Waals surface area contributed by atoms with Crippen molar-refractivity contribution < 1.29 is 19.4 Å². The van der Waals surface area contributed by atoms with Crippen LogP contribution < -0.4 is 5.32 Å². The van der Waals surface area contributed by atoms with Crippen LogP contribution in [0.4, 0.5) is 0 Å². The Bertz CT molecular complexity index is 426. The maximum Gasteiger partial charge on any atom is 0.335 e. The molecule has 1 aliphatic heterocycles. The minimum Gasteiger partial charge on any atom is -0.478 e. The molecule has 0 saturated carbocycles. The van der Waals surface area contributed by atoms with Gasteiger partial charge in [0.1, 0.15) is 0 Å². The predicted molar refractivity (Wildman–Crippen MR) is 79.5 cm³/mol. The molecule has 0 bridgehead atoms. The molecular formula is C16H23NO4. The molecule has 2 N–H and O–H groups in total. The number of benzene rings is 1. The van der Waals surface area contributed by atoms with Crippen LogP contribution in [0.1, 0.15) is 35.2 Å². The lowest BCUT2D eigenvalue weighted by Crippen LogP contribution is -2.19. The fourth-order valence-electron chi connectivity index (χ4n) is 2.29. The molecule has 0 amide bonds. The number of rotatable bonds is 9. The van der Waals surface area contributed by atoms with Gasteiger partial charge >= 0.3 is 5.97 Å². The summed E-state index contributed by atoms with van der Waals surface area (Å²) in [5.74, 6) is -0.891. The summed E-state index contributed by atoms with van der Waals surface area (Å²) in [5, 5.41) is 12.1. The Labute approximate surface area is 125 Å². The second-order valence-electron chi connectivity index (χ2n) is 5.24. The van der Waals surface area contributed by atoms with Gasteiger partial charge in [-0.2, -0.15) is 0 Å². The molecule has 0 radical (unpaired) electrons. The normalized spacial score (nSPS) is 18.0. The molecule has 0 aromatic heterocycles. The molecule has 21 heavy (non-hydrogen) atoms. The Morgan fingerprint density at radius 3 is 2.86 bits per heavy atom. The van der Waals surface area contributed by atoms with Crippen LogP contribution >= 0.6 is 0 Å². The van der Waals surface area contributed by atoms with Crippen molar-refractivity contribution in [2.45, 2.75) is 31.9 Å². The SMILES string of the molecule is O=C(O)c1ccc(CNCCCOCC2CCCO2)cc1. The summed E-state index contributed by atoms with van der Waals surface area (Å²) in [6.45, 7) is 3.94. The number of carbonyl (C=O) groups is 1. The van der Waals surface area contributed by atoms with Gasteiger partial charge < -0.3 is 19.9 Å². The van der Waals surface area contributed by atoms with Crippen LogP contribution in [-0.2, 0) is 16.0 Å². The zero-order valence-electron chi connectivity index (χ0n) is 12.2. The zero-order chi connectivity index (χ0) is 14.9. The summed E-state index contributed by atoms with van der Waals surface area (Å²) in [4.78, 5) is 10.7. The minimum absolute atomic E-state index is 0.297. The van der Waals surface area contributed by atoms with Crippen LogP contribution in [0, 0.1) is 0 Å². The first-order valence-electron chi connectivity index (χ1n) is 7.48. The van der Waals surface area contributed by atoms with Gasteiger partial charge in [-0.1, -0.05) is 12.1 Å². The molecule has 1 unspecified atom stereocenters. The highest BCUT2D eigenvalue weighted by Gasteiger charge is 2.14. The van der Waals surface area contributed by atoms with Crippen molar-refractivity contribution in [3.05, 3.63) is 35.4 Å². The van der Waals surface area contributed by atoms with E-state index in [1.165, 1.54) is 0 Å². The van der Waals surface area contributed by atoms with Crippen LogP contribution in [0.5, 0.6) is 0 Å². The van der Waals surface area contributed by atoms with E-state index >= 15 is 0 Å². The van der Waals surface area contributed by atoms with Gasteiger partial charge in [-0.25, -0.2) is 4.79 Å². The van der Waals surface area contributed by atoms with Crippen LogP contribution in [-0.4, -0.2) is 43.5 Å². The summed E-state index contributed by atoms with van der Waals surface area (Å²) >= 11 is 0.